The van der Waals surface area contributed by atoms with Crippen LogP contribution in [0, 0.1) is 5.92 Å². The fraction of sp³-hybridized carbons (Fsp3) is 0.929. The first-order valence-electron chi connectivity index (χ1n) is 7.55. The van der Waals surface area contributed by atoms with E-state index in [1.54, 1.807) is 0 Å². The molecule has 0 aliphatic carbocycles. The van der Waals surface area contributed by atoms with Crippen molar-refractivity contribution >= 4 is 5.91 Å². The molecule has 2 atom stereocenters. The summed E-state index contributed by atoms with van der Waals surface area (Å²) in [4.78, 5) is 16.4. The quantitative estimate of drug-likeness (QED) is 0.717. The molecule has 2 fully saturated rings. The van der Waals surface area contributed by atoms with E-state index in [0.29, 0.717) is 33.0 Å². The number of ether oxygens (including phenoxy) is 2. The third-order valence-corrected chi connectivity index (χ3v) is 3.95. The summed E-state index contributed by atoms with van der Waals surface area (Å²) in [7, 11) is 0. The molecule has 0 aromatic carbocycles. The minimum atomic E-state index is -0.444. The van der Waals surface area contributed by atoms with Crippen molar-refractivity contribution in [1.29, 1.82) is 0 Å². The second-order valence-electron chi connectivity index (χ2n) is 5.50. The Morgan fingerprint density at radius 3 is 2.75 bits per heavy atom. The van der Waals surface area contributed by atoms with Crippen LogP contribution >= 0.6 is 0 Å². The number of nitrogens with zero attached hydrogens (tertiary/aromatic N) is 2. The zero-order valence-electron chi connectivity index (χ0n) is 12.3. The van der Waals surface area contributed by atoms with E-state index in [1.165, 1.54) is 0 Å². The summed E-state index contributed by atoms with van der Waals surface area (Å²) in [5.41, 5.74) is 0. The SMILES string of the molecule is CCOCC(O)CN1CCN(C(=O)C2CCOC2)CC1. The van der Waals surface area contributed by atoms with Crippen LogP contribution in [0.15, 0.2) is 0 Å². The van der Waals surface area contributed by atoms with Crippen LogP contribution in [-0.4, -0.2) is 86.1 Å². The van der Waals surface area contributed by atoms with Gasteiger partial charge in [0.25, 0.3) is 0 Å². The van der Waals surface area contributed by atoms with E-state index in [4.69, 9.17) is 9.47 Å². The minimum absolute atomic E-state index is 0.0603. The van der Waals surface area contributed by atoms with Gasteiger partial charge in [-0.15, -0.1) is 0 Å². The topological polar surface area (TPSA) is 62.2 Å². The molecule has 2 saturated heterocycles. The number of hydrogen-bond acceptors (Lipinski definition) is 5. The van der Waals surface area contributed by atoms with Crippen LogP contribution in [0.4, 0.5) is 0 Å². The predicted molar refractivity (Wildman–Crippen MR) is 74.4 cm³/mol. The van der Waals surface area contributed by atoms with Crippen LogP contribution in [0.3, 0.4) is 0 Å². The average Bonchev–Trinajstić information content (AvgIpc) is 2.99. The number of piperazine rings is 1. The molecule has 6 heteroatoms. The fourth-order valence-corrected chi connectivity index (χ4v) is 2.74. The van der Waals surface area contributed by atoms with Crippen molar-refractivity contribution in [2.45, 2.75) is 19.4 Å². The normalized spacial score (nSPS) is 25.9. The van der Waals surface area contributed by atoms with E-state index in [-0.39, 0.29) is 11.8 Å². The zero-order chi connectivity index (χ0) is 14.4. The molecule has 2 unspecified atom stereocenters. The minimum Gasteiger partial charge on any atom is -0.389 e. The van der Waals surface area contributed by atoms with Crippen LogP contribution in [0.5, 0.6) is 0 Å². The van der Waals surface area contributed by atoms with Gasteiger partial charge in [0, 0.05) is 45.9 Å². The number of amides is 1. The fourth-order valence-electron chi connectivity index (χ4n) is 2.74. The number of carbonyl (C=O) groups is 1. The lowest BCUT2D eigenvalue weighted by atomic mass is 10.1. The van der Waals surface area contributed by atoms with Gasteiger partial charge in [0.1, 0.15) is 0 Å². The Kier molecular flexibility index (Phi) is 6.22. The molecule has 0 radical (unpaired) electrons. The summed E-state index contributed by atoms with van der Waals surface area (Å²) in [6, 6.07) is 0. The summed E-state index contributed by atoms with van der Waals surface area (Å²) in [6.07, 6.45) is 0.409. The Morgan fingerprint density at radius 2 is 2.15 bits per heavy atom. The van der Waals surface area contributed by atoms with E-state index in [2.05, 4.69) is 4.90 Å². The Morgan fingerprint density at radius 1 is 1.40 bits per heavy atom. The van der Waals surface area contributed by atoms with Crippen molar-refractivity contribution < 1.29 is 19.4 Å². The molecule has 0 aromatic rings. The maximum Gasteiger partial charge on any atom is 0.228 e. The lowest BCUT2D eigenvalue weighted by Crippen LogP contribution is -2.52. The summed E-state index contributed by atoms with van der Waals surface area (Å²) in [5, 5.41) is 9.82. The van der Waals surface area contributed by atoms with Gasteiger partial charge in [-0.2, -0.15) is 0 Å². The Bertz CT molecular complexity index is 300. The number of aliphatic hydroxyl groups excluding tert-OH is 1. The van der Waals surface area contributed by atoms with E-state index in [1.807, 2.05) is 11.8 Å². The molecule has 2 aliphatic rings. The number of aliphatic hydroxyl groups is 1. The Balaban J connectivity index is 1.68. The second kappa shape index (κ2) is 7.93. The largest absolute Gasteiger partial charge is 0.389 e. The molecule has 0 aromatic heterocycles. The van der Waals surface area contributed by atoms with Crippen molar-refractivity contribution in [3.8, 4) is 0 Å². The Hall–Kier alpha value is -0.690. The van der Waals surface area contributed by atoms with E-state index < -0.39 is 6.10 Å². The van der Waals surface area contributed by atoms with Gasteiger partial charge in [0.2, 0.25) is 5.91 Å². The lowest BCUT2D eigenvalue weighted by Gasteiger charge is -2.36. The van der Waals surface area contributed by atoms with Gasteiger partial charge in [-0.3, -0.25) is 9.69 Å². The third kappa shape index (κ3) is 4.41. The molecule has 2 heterocycles. The first-order chi connectivity index (χ1) is 9.70. The number of carbonyl (C=O) groups excluding carboxylic acids is 1. The van der Waals surface area contributed by atoms with Gasteiger partial charge < -0.3 is 19.5 Å². The summed E-state index contributed by atoms with van der Waals surface area (Å²) in [5.74, 6) is 0.294. The lowest BCUT2D eigenvalue weighted by molar-refractivity contribution is -0.137. The molecule has 6 nitrogen and oxygen atoms in total. The highest BCUT2D eigenvalue weighted by molar-refractivity contribution is 5.79. The first kappa shape index (κ1) is 15.7. The van der Waals surface area contributed by atoms with E-state index >= 15 is 0 Å². The molecule has 2 rings (SSSR count). The Labute approximate surface area is 120 Å². The van der Waals surface area contributed by atoms with E-state index in [0.717, 1.165) is 32.6 Å². The number of β-amino-alcohol motifs (C(OH)–C–C–N with tert-alkyl or cyclic N) is 1. The highest BCUT2D eigenvalue weighted by atomic mass is 16.5. The third-order valence-electron chi connectivity index (χ3n) is 3.95. The molecule has 2 aliphatic heterocycles. The van der Waals surface area contributed by atoms with Crippen molar-refractivity contribution in [3.63, 3.8) is 0 Å². The van der Waals surface area contributed by atoms with Crippen molar-refractivity contribution in [2.24, 2.45) is 5.92 Å². The van der Waals surface area contributed by atoms with Gasteiger partial charge in [0.15, 0.2) is 0 Å². The summed E-state index contributed by atoms with van der Waals surface area (Å²) >= 11 is 0. The molecule has 116 valence electrons. The molecular formula is C14H26N2O4. The van der Waals surface area contributed by atoms with Gasteiger partial charge in [-0.1, -0.05) is 0 Å². The second-order valence-corrected chi connectivity index (χ2v) is 5.50. The van der Waals surface area contributed by atoms with Crippen LogP contribution in [0.25, 0.3) is 0 Å². The van der Waals surface area contributed by atoms with Crippen LogP contribution in [0.1, 0.15) is 13.3 Å². The van der Waals surface area contributed by atoms with Crippen molar-refractivity contribution in [2.75, 3.05) is 59.2 Å². The maximum absolute atomic E-state index is 12.2. The molecule has 0 spiro atoms. The summed E-state index contributed by atoms with van der Waals surface area (Å²) < 4.78 is 10.5. The standard InChI is InChI=1S/C14H26N2O4/c1-2-19-11-13(17)9-15-4-6-16(7-5-15)14(18)12-3-8-20-10-12/h12-13,17H,2-11H2,1H3. The molecule has 0 bridgehead atoms. The molecule has 0 saturated carbocycles. The monoisotopic (exact) mass is 286 g/mol. The average molecular weight is 286 g/mol. The van der Waals surface area contributed by atoms with Crippen LogP contribution in [-0.2, 0) is 14.3 Å². The molecule has 1 N–H and O–H groups in total. The first-order valence-corrected chi connectivity index (χ1v) is 7.55. The number of rotatable bonds is 6. The predicted octanol–water partition coefficient (Wildman–Crippen LogP) is -0.435. The smallest absolute Gasteiger partial charge is 0.228 e. The highest BCUT2D eigenvalue weighted by Crippen LogP contribution is 2.16. The van der Waals surface area contributed by atoms with Gasteiger partial charge in [-0.05, 0) is 13.3 Å². The van der Waals surface area contributed by atoms with Crippen LogP contribution in [0.2, 0.25) is 0 Å². The zero-order valence-corrected chi connectivity index (χ0v) is 12.3. The van der Waals surface area contributed by atoms with E-state index in [9.17, 15) is 9.90 Å². The van der Waals surface area contributed by atoms with Gasteiger partial charge in [-0.25, -0.2) is 0 Å². The highest BCUT2D eigenvalue weighted by Gasteiger charge is 2.30. The molecule has 20 heavy (non-hydrogen) atoms. The van der Waals surface area contributed by atoms with Crippen molar-refractivity contribution in [1.82, 2.24) is 9.80 Å². The van der Waals surface area contributed by atoms with Crippen LogP contribution < -0.4 is 0 Å². The molecule has 1 amide bonds. The summed E-state index contributed by atoms with van der Waals surface area (Å²) in [6.45, 7) is 7.97. The van der Waals surface area contributed by atoms with Crippen molar-refractivity contribution in [3.05, 3.63) is 0 Å². The van der Waals surface area contributed by atoms with Gasteiger partial charge >= 0.3 is 0 Å². The maximum atomic E-state index is 12.2. The molecular weight excluding hydrogens is 260 g/mol. The number of hydrogen-bond donors (Lipinski definition) is 1. The van der Waals surface area contributed by atoms with Gasteiger partial charge in [0.05, 0.1) is 25.2 Å².